The molecule has 0 amide bonds. The number of aliphatic hydroxyl groups excluding tert-OH is 1. The molecule has 4 nitrogen and oxygen atoms in total. The molecule has 1 N–H and O–H groups in total. The molecule has 4 heteroatoms. The molecule has 0 aliphatic heterocycles. The van der Waals surface area contributed by atoms with Crippen LogP contribution in [0.5, 0.6) is 0 Å². The Bertz CT molecular complexity index is 659. The number of carbonyl (C=O) groups excluding carboxylic acids is 2. The quantitative estimate of drug-likeness (QED) is 0.685. The van der Waals surface area contributed by atoms with E-state index in [2.05, 4.69) is 20.8 Å². The summed E-state index contributed by atoms with van der Waals surface area (Å²) in [6.45, 7) is 6.73. The van der Waals surface area contributed by atoms with Gasteiger partial charge < -0.3 is 9.84 Å². The van der Waals surface area contributed by atoms with Gasteiger partial charge in [0.15, 0.2) is 5.78 Å². The van der Waals surface area contributed by atoms with E-state index in [0.29, 0.717) is 30.1 Å². The average molecular weight is 405 g/mol. The lowest BCUT2D eigenvalue weighted by Crippen LogP contribution is -2.63. The Hall–Kier alpha value is -0.900. The van der Waals surface area contributed by atoms with Crippen LogP contribution in [-0.2, 0) is 14.3 Å². The highest BCUT2D eigenvalue weighted by Gasteiger charge is 2.66. The van der Waals surface area contributed by atoms with Crippen LogP contribution in [0.2, 0.25) is 0 Å². The summed E-state index contributed by atoms with van der Waals surface area (Å²) in [6, 6.07) is 0. The van der Waals surface area contributed by atoms with Gasteiger partial charge in [-0.15, -0.1) is 0 Å². The number of hydrogen-bond donors (Lipinski definition) is 1. The van der Waals surface area contributed by atoms with E-state index in [9.17, 15) is 14.7 Å². The van der Waals surface area contributed by atoms with E-state index in [0.717, 1.165) is 19.3 Å². The molecule has 9 atom stereocenters. The Kier molecular flexibility index (Phi) is 5.63. The Morgan fingerprint density at radius 1 is 1.17 bits per heavy atom. The second-order valence-corrected chi connectivity index (χ2v) is 11.2. The van der Waals surface area contributed by atoms with E-state index in [-0.39, 0.29) is 29.0 Å². The van der Waals surface area contributed by atoms with Crippen molar-refractivity contribution in [1.82, 2.24) is 0 Å². The zero-order valence-corrected chi connectivity index (χ0v) is 18.8. The Morgan fingerprint density at radius 3 is 2.66 bits per heavy atom. The molecule has 0 bridgehead atoms. The Balaban J connectivity index is 1.60. The topological polar surface area (TPSA) is 63.6 Å². The van der Waals surface area contributed by atoms with Gasteiger partial charge in [-0.3, -0.25) is 9.59 Å². The van der Waals surface area contributed by atoms with Crippen LogP contribution in [0.3, 0.4) is 0 Å². The van der Waals surface area contributed by atoms with Gasteiger partial charge in [0.05, 0.1) is 7.11 Å². The van der Waals surface area contributed by atoms with Gasteiger partial charge in [-0.2, -0.15) is 0 Å². The minimum Gasteiger partial charge on any atom is -0.469 e. The van der Waals surface area contributed by atoms with Crippen LogP contribution < -0.4 is 0 Å². The smallest absolute Gasteiger partial charge is 0.305 e. The molecular formula is C25H40O4. The highest BCUT2D eigenvalue weighted by Crippen LogP contribution is 2.67. The van der Waals surface area contributed by atoms with Crippen LogP contribution in [0.4, 0.5) is 0 Å². The van der Waals surface area contributed by atoms with E-state index in [1.807, 2.05) is 0 Å². The minimum absolute atomic E-state index is 0.114. The van der Waals surface area contributed by atoms with Crippen LogP contribution in [0, 0.1) is 46.3 Å². The van der Waals surface area contributed by atoms with Crippen LogP contribution in [-0.4, -0.2) is 30.1 Å². The maximum atomic E-state index is 13.8. The van der Waals surface area contributed by atoms with Crippen molar-refractivity contribution in [3.8, 4) is 0 Å². The van der Waals surface area contributed by atoms with Gasteiger partial charge in [0.25, 0.3) is 0 Å². The van der Waals surface area contributed by atoms with Crippen molar-refractivity contribution >= 4 is 11.8 Å². The molecule has 0 aromatic heterocycles. The molecule has 0 radical (unpaired) electrons. The first-order chi connectivity index (χ1) is 13.7. The number of aliphatic hydroxyl groups is 1. The average Bonchev–Trinajstić information content (AvgIpc) is 3.07. The first-order valence-electron chi connectivity index (χ1n) is 12.0. The zero-order chi connectivity index (χ0) is 21.0. The highest BCUT2D eigenvalue weighted by atomic mass is 16.5. The van der Waals surface area contributed by atoms with Gasteiger partial charge in [-0.25, -0.2) is 0 Å². The largest absolute Gasteiger partial charge is 0.469 e. The molecule has 0 aromatic carbocycles. The number of rotatable bonds is 4. The number of ketones is 1. The van der Waals surface area contributed by atoms with E-state index < -0.39 is 11.5 Å². The van der Waals surface area contributed by atoms with Crippen molar-refractivity contribution in [3.63, 3.8) is 0 Å². The van der Waals surface area contributed by atoms with Gasteiger partial charge in [0, 0.05) is 17.8 Å². The van der Waals surface area contributed by atoms with E-state index in [4.69, 9.17) is 4.74 Å². The molecule has 0 aromatic rings. The number of methoxy groups -OCH3 is 1. The maximum Gasteiger partial charge on any atom is 0.305 e. The van der Waals surface area contributed by atoms with Crippen molar-refractivity contribution in [2.75, 3.05) is 7.11 Å². The van der Waals surface area contributed by atoms with Crippen LogP contribution >= 0.6 is 0 Å². The van der Waals surface area contributed by atoms with Gasteiger partial charge in [0.2, 0.25) is 0 Å². The number of ether oxygens (including phenoxy) is 1. The lowest BCUT2D eigenvalue weighted by molar-refractivity contribution is -0.184. The van der Waals surface area contributed by atoms with Crippen molar-refractivity contribution in [1.29, 1.82) is 0 Å². The first-order valence-corrected chi connectivity index (χ1v) is 12.0. The van der Waals surface area contributed by atoms with E-state index in [1.165, 1.54) is 45.6 Å². The normalized spacial score (nSPS) is 47.7. The zero-order valence-electron chi connectivity index (χ0n) is 18.8. The van der Waals surface area contributed by atoms with E-state index in [1.54, 1.807) is 0 Å². The molecule has 4 saturated carbocycles. The number of hydrogen-bond acceptors (Lipinski definition) is 4. The van der Waals surface area contributed by atoms with Gasteiger partial charge in [-0.1, -0.05) is 33.6 Å². The second kappa shape index (κ2) is 7.66. The summed E-state index contributed by atoms with van der Waals surface area (Å²) in [5, 5.41) is 11.4. The van der Waals surface area contributed by atoms with Gasteiger partial charge >= 0.3 is 5.97 Å². The summed E-state index contributed by atoms with van der Waals surface area (Å²) in [7, 11) is 1.43. The second-order valence-electron chi connectivity index (χ2n) is 11.2. The predicted octanol–water partition coefficient (Wildman–Crippen LogP) is 4.77. The number of carbonyl (C=O) groups is 2. The fraction of sp³-hybridized carbons (Fsp3) is 0.920. The number of fused-ring (bicyclic) bond motifs is 5. The third kappa shape index (κ3) is 3.11. The minimum atomic E-state index is -0.805. The molecular weight excluding hydrogens is 364 g/mol. The van der Waals surface area contributed by atoms with Gasteiger partial charge in [-0.05, 0) is 80.0 Å². The summed E-state index contributed by atoms with van der Waals surface area (Å²) >= 11 is 0. The fourth-order valence-electron chi connectivity index (χ4n) is 8.72. The standard InChI is InChI=1S/C25H40O4/c1-15(8-13-20(26)29-4)18-11-12-19-17-10-9-16-7-5-6-14-24(16,2)21(17)22(27)23(28)25(18,19)3/h15-19,21-22,27H,5-14H2,1-4H3/t15?,16-,17?,18?,19?,21?,22?,24?,25?/m1/s1. The molecule has 4 aliphatic carbocycles. The summed E-state index contributed by atoms with van der Waals surface area (Å²) < 4.78 is 4.82. The molecule has 164 valence electrons. The van der Waals surface area contributed by atoms with Gasteiger partial charge in [0.1, 0.15) is 6.10 Å². The highest BCUT2D eigenvalue weighted by molar-refractivity contribution is 5.91. The predicted molar refractivity (Wildman–Crippen MR) is 112 cm³/mol. The monoisotopic (exact) mass is 404 g/mol. The van der Waals surface area contributed by atoms with Crippen LogP contribution in [0.25, 0.3) is 0 Å². The van der Waals surface area contributed by atoms with Crippen LogP contribution in [0.15, 0.2) is 0 Å². The molecule has 4 rings (SSSR count). The Morgan fingerprint density at radius 2 is 1.93 bits per heavy atom. The molecule has 29 heavy (non-hydrogen) atoms. The summed E-state index contributed by atoms with van der Waals surface area (Å²) in [6.07, 6.45) is 9.97. The summed E-state index contributed by atoms with van der Waals surface area (Å²) in [4.78, 5) is 25.4. The third-order valence-corrected chi connectivity index (χ3v) is 10.2. The summed E-state index contributed by atoms with van der Waals surface area (Å²) in [5.41, 5.74) is -0.305. The lowest BCUT2D eigenvalue weighted by Gasteiger charge is -2.61. The van der Waals surface area contributed by atoms with Crippen molar-refractivity contribution < 1.29 is 19.4 Å². The lowest BCUT2D eigenvalue weighted by atomic mass is 9.43. The SMILES string of the molecule is COC(=O)CCC(C)C1CCC2C3CC[C@H]4CCCCC4(C)C3C(O)C(=O)C12C. The first kappa shape index (κ1) is 21.3. The molecule has 0 saturated heterocycles. The van der Waals surface area contributed by atoms with E-state index >= 15 is 0 Å². The summed E-state index contributed by atoms with van der Waals surface area (Å²) in [5.74, 6) is 2.20. The fourth-order valence-corrected chi connectivity index (χ4v) is 8.72. The number of Topliss-reactive ketones (excluding diaryl/α,β-unsaturated/α-hetero) is 1. The maximum absolute atomic E-state index is 13.8. The Labute approximate surface area is 176 Å². The van der Waals surface area contributed by atoms with Crippen molar-refractivity contribution in [3.05, 3.63) is 0 Å². The number of esters is 1. The molecule has 4 fully saturated rings. The van der Waals surface area contributed by atoms with Crippen molar-refractivity contribution in [2.45, 2.75) is 91.1 Å². The molecule has 4 aliphatic rings. The van der Waals surface area contributed by atoms with Crippen LogP contribution in [0.1, 0.15) is 85.0 Å². The van der Waals surface area contributed by atoms with Crippen molar-refractivity contribution in [2.24, 2.45) is 46.3 Å². The molecule has 0 heterocycles. The molecule has 0 spiro atoms. The third-order valence-electron chi connectivity index (χ3n) is 10.2. The molecule has 8 unspecified atom stereocenters.